The molecule has 0 saturated carbocycles. The molecule has 6 nitrogen and oxygen atoms in total. The number of nitriles is 1. The zero-order valence-electron chi connectivity index (χ0n) is 8.98. The van der Waals surface area contributed by atoms with Gasteiger partial charge in [-0.3, -0.25) is 4.79 Å². The van der Waals surface area contributed by atoms with E-state index in [1.165, 1.54) is 0 Å². The predicted octanol–water partition coefficient (Wildman–Crippen LogP) is -0.329. The van der Waals surface area contributed by atoms with Gasteiger partial charge < -0.3 is 20.4 Å². The van der Waals surface area contributed by atoms with Gasteiger partial charge in [0, 0.05) is 5.56 Å². The molecule has 7 heteroatoms. The third-order valence-electron chi connectivity index (χ3n) is 1.96. The molecule has 0 fully saturated rings. The quantitative estimate of drug-likeness (QED) is 0.734. The summed E-state index contributed by atoms with van der Waals surface area (Å²) in [6, 6.07) is 1.77. The normalized spacial score (nSPS) is 9.65. The van der Waals surface area contributed by atoms with Crippen molar-refractivity contribution in [3.63, 3.8) is 0 Å². The highest BCUT2D eigenvalue weighted by molar-refractivity contribution is 7.18. The van der Waals surface area contributed by atoms with Crippen molar-refractivity contribution in [2.75, 3.05) is 12.3 Å². The molecular weight excluding hydrogens is 244 g/mol. The van der Waals surface area contributed by atoms with Crippen molar-refractivity contribution in [1.82, 2.24) is 0 Å². The van der Waals surface area contributed by atoms with Gasteiger partial charge in [0.2, 0.25) is 0 Å². The van der Waals surface area contributed by atoms with Gasteiger partial charge in [-0.1, -0.05) is 0 Å². The summed E-state index contributed by atoms with van der Waals surface area (Å²) >= 11 is 0.719. The monoisotopic (exact) mass is 253 g/mol. The van der Waals surface area contributed by atoms with Crippen LogP contribution in [0.2, 0.25) is 0 Å². The van der Waals surface area contributed by atoms with Crippen LogP contribution < -0.4 is 10.8 Å². The van der Waals surface area contributed by atoms with Crippen LogP contribution in [0, 0.1) is 11.3 Å². The number of ether oxygens (including phenoxy) is 1. The van der Waals surface area contributed by atoms with Crippen molar-refractivity contribution < 1.29 is 19.4 Å². The van der Waals surface area contributed by atoms with Gasteiger partial charge in [-0.2, -0.15) is 5.26 Å². The summed E-state index contributed by atoms with van der Waals surface area (Å²) in [7, 11) is 0. The van der Waals surface area contributed by atoms with E-state index in [4.69, 9.17) is 15.7 Å². The lowest BCUT2D eigenvalue weighted by atomic mass is 10.1. The first kappa shape index (κ1) is 13.0. The Morgan fingerprint density at radius 2 is 2.24 bits per heavy atom. The van der Waals surface area contributed by atoms with Gasteiger partial charge in [0.05, 0.1) is 29.4 Å². The minimum Gasteiger partial charge on any atom is -0.544 e. The van der Waals surface area contributed by atoms with E-state index in [0.717, 1.165) is 11.3 Å². The van der Waals surface area contributed by atoms with Crippen molar-refractivity contribution in [2.24, 2.45) is 0 Å². The fourth-order valence-corrected chi connectivity index (χ4v) is 2.17. The van der Waals surface area contributed by atoms with Crippen LogP contribution in [0.4, 0.5) is 5.00 Å². The summed E-state index contributed by atoms with van der Waals surface area (Å²) < 4.78 is 4.69. The molecule has 1 aromatic rings. The van der Waals surface area contributed by atoms with Crippen LogP contribution in [0.15, 0.2) is 0 Å². The molecular formula is C10H9N2O4S-. The zero-order chi connectivity index (χ0) is 13.0. The molecule has 0 unspecified atom stereocenters. The number of thiophene rings is 1. The molecule has 90 valence electrons. The van der Waals surface area contributed by atoms with Gasteiger partial charge in [-0.25, -0.2) is 0 Å². The minimum atomic E-state index is -1.46. The standard InChI is InChI=1S/C10H10N2O4S/c1-2-16-7(13)3-5-6(4-11)9(12)17-8(5)10(14)15/h2-3,12H2,1H3,(H,14,15)/p-1. The lowest BCUT2D eigenvalue weighted by Gasteiger charge is -2.04. The lowest BCUT2D eigenvalue weighted by Crippen LogP contribution is -2.23. The summed E-state index contributed by atoms with van der Waals surface area (Å²) in [6.45, 7) is 1.81. The van der Waals surface area contributed by atoms with Crippen LogP contribution in [-0.2, 0) is 16.0 Å². The van der Waals surface area contributed by atoms with E-state index >= 15 is 0 Å². The van der Waals surface area contributed by atoms with E-state index in [9.17, 15) is 14.7 Å². The molecule has 1 aromatic heterocycles. The summed E-state index contributed by atoms with van der Waals surface area (Å²) in [6.07, 6.45) is -0.298. The molecule has 0 saturated heterocycles. The number of carbonyl (C=O) groups is 2. The summed E-state index contributed by atoms with van der Waals surface area (Å²) in [4.78, 5) is 21.9. The highest BCUT2D eigenvalue weighted by atomic mass is 32.1. The van der Waals surface area contributed by atoms with Crippen LogP contribution in [0.1, 0.15) is 27.7 Å². The van der Waals surface area contributed by atoms with Gasteiger partial charge in [0.25, 0.3) is 0 Å². The van der Waals surface area contributed by atoms with E-state index < -0.39 is 11.9 Å². The van der Waals surface area contributed by atoms with Crippen molar-refractivity contribution in [2.45, 2.75) is 13.3 Å². The van der Waals surface area contributed by atoms with Crippen LogP contribution >= 0.6 is 11.3 Å². The number of nitrogens with zero attached hydrogens (tertiary/aromatic N) is 1. The van der Waals surface area contributed by atoms with E-state index in [1.54, 1.807) is 13.0 Å². The summed E-state index contributed by atoms with van der Waals surface area (Å²) in [5.74, 6) is -2.06. The maximum atomic E-state index is 11.3. The maximum Gasteiger partial charge on any atom is 0.310 e. The number of anilines is 1. The van der Waals surface area contributed by atoms with Gasteiger partial charge in [-0.05, 0) is 6.92 Å². The van der Waals surface area contributed by atoms with Crippen LogP contribution in [0.3, 0.4) is 0 Å². The largest absolute Gasteiger partial charge is 0.544 e. The average Bonchev–Trinajstić information content (AvgIpc) is 2.55. The van der Waals surface area contributed by atoms with Crippen LogP contribution in [0.5, 0.6) is 0 Å². The number of carboxylic acids is 1. The third-order valence-corrected chi connectivity index (χ3v) is 3.00. The van der Waals surface area contributed by atoms with Crippen molar-refractivity contribution >= 4 is 28.3 Å². The molecule has 0 bridgehead atoms. The molecule has 0 radical (unpaired) electrons. The molecule has 0 aromatic carbocycles. The highest BCUT2D eigenvalue weighted by Crippen LogP contribution is 2.30. The zero-order valence-corrected chi connectivity index (χ0v) is 9.80. The topological polar surface area (TPSA) is 116 Å². The number of nitrogen functional groups attached to an aromatic ring is 1. The molecule has 1 rings (SSSR count). The number of rotatable bonds is 4. The lowest BCUT2D eigenvalue weighted by molar-refractivity contribution is -0.254. The molecule has 0 aliphatic heterocycles. The number of hydrogen-bond donors (Lipinski definition) is 1. The first-order chi connectivity index (χ1) is 8.01. The van der Waals surface area contributed by atoms with E-state index in [1.807, 2.05) is 0 Å². The number of esters is 1. The maximum absolute atomic E-state index is 11.3. The first-order valence-corrected chi connectivity index (χ1v) is 5.51. The van der Waals surface area contributed by atoms with Crippen LogP contribution in [0.25, 0.3) is 0 Å². The number of nitrogens with two attached hydrogens (primary N) is 1. The van der Waals surface area contributed by atoms with Crippen LogP contribution in [-0.4, -0.2) is 18.5 Å². The van der Waals surface area contributed by atoms with E-state index in [2.05, 4.69) is 0 Å². The SMILES string of the molecule is CCOC(=O)Cc1c(C(=O)[O-])sc(N)c1C#N. The average molecular weight is 253 g/mol. The predicted molar refractivity (Wildman–Crippen MR) is 58.1 cm³/mol. The van der Waals surface area contributed by atoms with Crippen molar-refractivity contribution in [3.05, 3.63) is 16.0 Å². The van der Waals surface area contributed by atoms with Crippen molar-refractivity contribution in [3.8, 4) is 6.07 Å². The Kier molecular flexibility index (Phi) is 4.06. The van der Waals surface area contributed by atoms with Gasteiger partial charge >= 0.3 is 5.97 Å². The third kappa shape index (κ3) is 2.73. The Hall–Kier alpha value is -2.07. The van der Waals surface area contributed by atoms with Crippen molar-refractivity contribution in [1.29, 1.82) is 5.26 Å². The first-order valence-electron chi connectivity index (χ1n) is 4.69. The molecule has 0 atom stereocenters. The molecule has 1 heterocycles. The number of carboxylic acid groups (broad SMARTS) is 1. The molecule has 17 heavy (non-hydrogen) atoms. The molecule has 2 N–H and O–H groups in total. The summed E-state index contributed by atoms with van der Waals surface area (Å²) in [5.41, 5.74) is 5.56. The van der Waals surface area contributed by atoms with E-state index in [0.29, 0.717) is 0 Å². The fourth-order valence-electron chi connectivity index (χ4n) is 1.30. The fraction of sp³-hybridized carbons (Fsp3) is 0.300. The molecule has 0 amide bonds. The van der Waals surface area contributed by atoms with Gasteiger partial charge in [-0.15, -0.1) is 11.3 Å². The summed E-state index contributed by atoms with van der Waals surface area (Å²) in [5, 5.41) is 19.7. The second kappa shape index (κ2) is 5.32. The second-order valence-electron chi connectivity index (χ2n) is 3.03. The molecule has 0 spiro atoms. The molecule has 0 aliphatic rings. The highest BCUT2D eigenvalue weighted by Gasteiger charge is 2.20. The number of carbonyl (C=O) groups excluding carboxylic acids is 2. The number of hydrogen-bond acceptors (Lipinski definition) is 7. The minimum absolute atomic E-state index is 0.00209. The van der Waals surface area contributed by atoms with Gasteiger partial charge in [0.1, 0.15) is 11.1 Å². The second-order valence-corrected chi connectivity index (χ2v) is 4.08. The Morgan fingerprint density at radius 3 is 2.71 bits per heavy atom. The Balaban J connectivity index is 3.16. The Bertz CT molecular complexity index is 501. The van der Waals surface area contributed by atoms with E-state index in [-0.39, 0.29) is 34.0 Å². The van der Waals surface area contributed by atoms with Gasteiger partial charge in [0.15, 0.2) is 0 Å². The Labute approximate surface area is 101 Å². The Morgan fingerprint density at radius 1 is 1.59 bits per heavy atom. The number of aromatic carboxylic acids is 1. The molecule has 0 aliphatic carbocycles. The smallest absolute Gasteiger partial charge is 0.310 e.